The van der Waals surface area contributed by atoms with Gasteiger partial charge in [-0.2, -0.15) is 5.10 Å². The number of pyridine rings is 1. The first-order valence-electron chi connectivity index (χ1n) is 8.40. The minimum absolute atomic E-state index is 0.230. The number of halogens is 1. The maximum Gasteiger partial charge on any atom is 0.270 e. The van der Waals surface area contributed by atoms with Crippen LogP contribution in [0, 0.1) is 12.7 Å². The molecule has 4 rings (SSSR count). The summed E-state index contributed by atoms with van der Waals surface area (Å²) in [5, 5.41) is 8.38. The van der Waals surface area contributed by atoms with Crippen LogP contribution in [0.25, 0.3) is 11.0 Å². The van der Waals surface area contributed by atoms with Crippen LogP contribution >= 0.6 is 0 Å². The van der Waals surface area contributed by atoms with E-state index in [1.807, 2.05) is 20.0 Å². The second kappa shape index (κ2) is 5.95. The molecular formula is C19H19FN4O. The Bertz CT molecular complexity index is 958. The molecule has 6 heteroatoms. The largest absolute Gasteiger partial charge is 0.347 e. The normalized spacial score (nSPS) is 14.0. The molecule has 0 aliphatic heterocycles. The van der Waals surface area contributed by atoms with Gasteiger partial charge in [-0.15, -0.1) is 0 Å². The number of carbonyl (C=O) groups excluding carboxylic acids is 1. The minimum Gasteiger partial charge on any atom is -0.347 e. The summed E-state index contributed by atoms with van der Waals surface area (Å²) in [5.74, 6) is -0.0214. The van der Waals surface area contributed by atoms with Crippen molar-refractivity contribution in [2.75, 3.05) is 0 Å². The molecule has 2 heterocycles. The molecule has 2 aromatic heterocycles. The Morgan fingerprint density at radius 1 is 1.32 bits per heavy atom. The summed E-state index contributed by atoms with van der Waals surface area (Å²) in [6.07, 6.45) is 2.29. The third-order valence-electron chi connectivity index (χ3n) is 4.62. The zero-order valence-electron chi connectivity index (χ0n) is 14.2. The third kappa shape index (κ3) is 2.99. The highest BCUT2D eigenvalue weighted by Crippen LogP contribution is 2.43. The average molecular weight is 338 g/mol. The molecule has 0 saturated heterocycles. The summed E-state index contributed by atoms with van der Waals surface area (Å²) in [7, 11) is 1.85. The van der Waals surface area contributed by atoms with Crippen LogP contribution in [0.15, 0.2) is 30.3 Å². The molecule has 0 unspecified atom stereocenters. The van der Waals surface area contributed by atoms with E-state index in [-0.39, 0.29) is 11.7 Å². The van der Waals surface area contributed by atoms with Crippen LogP contribution in [-0.4, -0.2) is 20.7 Å². The van der Waals surface area contributed by atoms with Crippen molar-refractivity contribution in [1.29, 1.82) is 0 Å². The molecule has 0 radical (unpaired) electrons. The smallest absolute Gasteiger partial charge is 0.270 e. The highest BCUT2D eigenvalue weighted by atomic mass is 19.1. The van der Waals surface area contributed by atoms with Crippen molar-refractivity contribution in [1.82, 2.24) is 20.1 Å². The molecule has 0 atom stereocenters. The quantitative estimate of drug-likeness (QED) is 0.794. The Morgan fingerprint density at radius 3 is 2.72 bits per heavy atom. The van der Waals surface area contributed by atoms with Gasteiger partial charge in [-0.1, -0.05) is 12.1 Å². The molecule has 1 aliphatic rings. The van der Waals surface area contributed by atoms with Gasteiger partial charge in [-0.05, 0) is 55.0 Å². The van der Waals surface area contributed by atoms with Crippen molar-refractivity contribution in [2.45, 2.75) is 32.2 Å². The van der Waals surface area contributed by atoms with E-state index in [1.54, 1.807) is 16.8 Å². The first-order valence-corrected chi connectivity index (χ1v) is 8.40. The number of rotatable bonds is 4. The van der Waals surface area contributed by atoms with Gasteiger partial charge in [0.25, 0.3) is 5.91 Å². The summed E-state index contributed by atoms with van der Waals surface area (Å²) in [6.45, 7) is 2.31. The molecule has 1 fully saturated rings. The summed E-state index contributed by atoms with van der Waals surface area (Å²) in [5.41, 5.74) is 4.11. The summed E-state index contributed by atoms with van der Waals surface area (Å²) < 4.78 is 14.7. The summed E-state index contributed by atoms with van der Waals surface area (Å²) >= 11 is 0. The maximum absolute atomic E-state index is 13.0. The van der Waals surface area contributed by atoms with Gasteiger partial charge in [-0.25, -0.2) is 9.37 Å². The maximum atomic E-state index is 13.0. The van der Waals surface area contributed by atoms with Gasteiger partial charge < -0.3 is 5.32 Å². The molecule has 128 valence electrons. The van der Waals surface area contributed by atoms with E-state index in [9.17, 15) is 9.18 Å². The number of nitrogens with zero attached hydrogens (tertiary/aromatic N) is 3. The van der Waals surface area contributed by atoms with E-state index in [0.717, 1.165) is 35.1 Å². The number of aryl methyl sites for hydroxylation is 2. The van der Waals surface area contributed by atoms with E-state index < -0.39 is 0 Å². The number of fused-ring (bicyclic) bond motifs is 1. The summed E-state index contributed by atoms with van der Waals surface area (Å²) in [4.78, 5) is 17.1. The molecule has 1 N–H and O–H groups in total. The Hall–Kier alpha value is -2.76. The molecule has 3 aromatic rings. The van der Waals surface area contributed by atoms with Crippen LogP contribution in [0.2, 0.25) is 0 Å². The lowest BCUT2D eigenvalue weighted by Crippen LogP contribution is -2.24. The fraction of sp³-hybridized carbons (Fsp3) is 0.316. The molecule has 0 spiro atoms. The van der Waals surface area contributed by atoms with Crippen LogP contribution in [0.1, 0.15) is 46.1 Å². The van der Waals surface area contributed by atoms with E-state index in [4.69, 9.17) is 0 Å². The number of nitrogens with one attached hydrogen (secondary N) is 1. The van der Waals surface area contributed by atoms with Crippen LogP contribution in [0.4, 0.5) is 4.39 Å². The van der Waals surface area contributed by atoms with Gasteiger partial charge in [0.2, 0.25) is 0 Å². The summed E-state index contributed by atoms with van der Waals surface area (Å²) in [6, 6.07) is 7.98. The third-order valence-corrected chi connectivity index (χ3v) is 4.62. The van der Waals surface area contributed by atoms with Crippen LogP contribution in [0.3, 0.4) is 0 Å². The topological polar surface area (TPSA) is 59.8 Å². The molecule has 25 heavy (non-hydrogen) atoms. The zero-order chi connectivity index (χ0) is 17.6. The molecule has 1 saturated carbocycles. The zero-order valence-corrected chi connectivity index (χ0v) is 14.2. The Balaban J connectivity index is 1.63. The number of aromatic nitrogens is 3. The predicted octanol–water partition coefficient (Wildman–Crippen LogP) is 3.22. The predicted molar refractivity (Wildman–Crippen MR) is 92.8 cm³/mol. The molecular weight excluding hydrogens is 319 g/mol. The second-order valence-corrected chi connectivity index (χ2v) is 6.59. The van der Waals surface area contributed by atoms with Gasteiger partial charge in [0.1, 0.15) is 11.5 Å². The number of hydrogen-bond donors (Lipinski definition) is 1. The number of benzene rings is 1. The Morgan fingerprint density at radius 2 is 2.04 bits per heavy atom. The second-order valence-electron chi connectivity index (χ2n) is 6.59. The average Bonchev–Trinajstić information content (AvgIpc) is 3.40. The molecule has 5 nitrogen and oxygen atoms in total. The fourth-order valence-corrected chi connectivity index (χ4v) is 3.19. The molecule has 1 amide bonds. The number of carbonyl (C=O) groups is 1. The van der Waals surface area contributed by atoms with Crippen molar-refractivity contribution >= 4 is 16.9 Å². The monoisotopic (exact) mass is 338 g/mol. The lowest BCUT2D eigenvalue weighted by atomic mass is 10.0. The Labute approximate surface area is 144 Å². The lowest BCUT2D eigenvalue weighted by molar-refractivity contribution is 0.0946. The van der Waals surface area contributed by atoms with E-state index in [0.29, 0.717) is 18.2 Å². The minimum atomic E-state index is -0.289. The van der Waals surface area contributed by atoms with Crippen molar-refractivity contribution in [2.24, 2.45) is 7.05 Å². The fourth-order valence-electron chi connectivity index (χ4n) is 3.19. The number of amides is 1. The van der Waals surface area contributed by atoms with Crippen LogP contribution in [-0.2, 0) is 13.6 Å². The van der Waals surface area contributed by atoms with Crippen molar-refractivity contribution < 1.29 is 9.18 Å². The van der Waals surface area contributed by atoms with Gasteiger partial charge in [0.05, 0.1) is 5.69 Å². The molecule has 1 aromatic carbocycles. The van der Waals surface area contributed by atoms with Gasteiger partial charge >= 0.3 is 0 Å². The van der Waals surface area contributed by atoms with Crippen LogP contribution < -0.4 is 5.32 Å². The number of hydrogen-bond acceptors (Lipinski definition) is 3. The van der Waals surface area contributed by atoms with Crippen molar-refractivity contribution in [3.63, 3.8) is 0 Å². The SMILES string of the molecule is Cc1nn(C)c2nc(C(=O)NCc3ccc(F)cc3)cc(C3CC3)c12. The van der Waals surface area contributed by atoms with Gasteiger partial charge in [0.15, 0.2) is 5.65 Å². The molecule has 0 bridgehead atoms. The van der Waals surface area contributed by atoms with Crippen LogP contribution in [0.5, 0.6) is 0 Å². The van der Waals surface area contributed by atoms with Crippen molar-refractivity contribution in [3.8, 4) is 0 Å². The van der Waals surface area contributed by atoms with E-state index >= 15 is 0 Å². The highest BCUT2D eigenvalue weighted by molar-refractivity contribution is 5.96. The van der Waals surface area contributed by atoms with Gasteiger partial charge in [0, 0.05) is 19.0 Å². The van der Waals surface area contributed by atoms with Crippen molar-refractivity contribution in [3.05, 3.63) is 58.7 Å². The van der Waals surface area contributed by atoms with E-state index in [2.05, 4.69) is 15.4 Å². The Kier molecular flexibility index (Phi) is 3.75. The highest BCUT2D eigenvalue weighted by Gasteiger charge is 2.29. The van der Waals surface area contributed by atoms with Gasteiger partial charge in [-0.3, -0.25) is 9.48 Å². The first-order chi connectivity index (χ1) is 12.0. The lowest BCUT2D eigenvalue weighted by Gasteiger charge is -2.08. The van der Waals surface area contributed by atoms with E-state index in [1.165, 1.54) is 17.7 Å². The molecule has 1 aliphatic carbocycles. The first kappa shape index (κ1) is 15.7. The standard InChI is InChI=1S/C19H19FN4O/c1-11-17-15(13-5-6-13)9-16(22-18(17)24(2)23-11)19(25)21-10-12-3-7-14(20)8-4-12/h3-4,7-9,13H,5-6,10H2,1-2H3,(H,21,25).